The summed E-state index contributed by atoms with van der Waals surface area (Å²) in [5, 5.41) is 0. The van der Waals surface area contributed by atoms with Crippen LogP contribution in [0.25, 0.3) is 0 Å². The van der Waals surface area contributed by atoms with Crippen LogP contribution in [0.1, 0.15) is 26.7 Å². The number of ether oxygens (including phenoxy) is 3. The van der Waals surface area contributed by atoms with Gasteiger partial charge in [-0.1, -0.05) is 12.2 Å². The van der Waals surface area contributed by atoms with Gasteiger partial charge in [0.05, 0.1) is 5.92 Å². The first-order valence-corrected chi connectivity index (χ1v) is 7.51. The van der Waals surface area contributed by atoms with E-state index in [1.807, 2.05) is 6.92 Å². The first-order chi connectivity index (χ1) is 10.8. The first-order valence-electron chi connectivity index (χ1n) is 7.51. The Morgan fingerprint density at radius 3 is 2.65 bits per heavy atom. The third-order valence-electron chi connectivity index (χ3n) is 4.28. The maximum absolute atomic E-state index is 11.9. The summed E-state index contributed by atoms with van der Waals surface area (Å²) in [5.74, 6) is -1.87. The van der Waals surface area contributed by atoms with Crippen molar-refractivity contribution in [3.8, 4) is 0 Å². The lowest BCUT2D eigenvalue weighted by Gasteiger charge is -2.25. The summed E-state index contributed by atoms with van der Waals surface area (Å²) in [6, 6.07) is 0. The van der Waals surface area contributed by atoms with Crippen LogP contribution >= 0.6 is 0 Å². The van der Waals surface area contributed by atoms with Crippen LogP contribution < -0.4 is 0 Å². The second-order valence-corrected chi connectivity index (χ2v) is 6.13. The van der Waals surface area contributed by atoms with E-state index in [9.17, 15) is 14.4 Å². The van der Waals surface area contributed by atoms with Crippen molar-refractivity contribution in [3.05, 3.63) is 35.5 Å². The van der Waals surface area contributed by atoms with Gasteiger partial charge in [0.1, 0.15) is 18.3 Å². The Balaban J connectivity index is 2.01. The van der Waals surface area contributed by atoms with Gasteiger partial charge >= 0.3 is 17.9 Å². The van der Waals surface area contributed by atoms with Crippen molar-refractivity contribution in [2.24, 2.45) is 5.92 Å². The van der Waals surface area contributed by atoms with Crippen molar-refractivity contribution < 1.29 is 28.6 Å². The summed E-state index contributed by atoms with van der Waals surface area (Å²) in [6.07, 6.45) is 2.74. The van der Waals surface area contributed by atoms with Crippen molar-refractivity contribution in [1.82, 2.24) is 0 Å². The second-order valence-electron chi connectivity index (χ2n) is 6.13. The van der Waals surface area contributed by atoms with Crippen LogP contribution in [-0.2, 0) is 28.6 Å². The summed E-state index contributed by atoms with van der Waals surface area (Å²) < 4.78 is 16.0. The van der Waals surface area contributed by atoms with Crippen LogP contribution in [0.4, 0.5) is 0 Å². The first kappa shape index (κ1) is 15.5. The Hall–Kier alpha value is -2.37. The molecular weight excluding hydrogens is 300 g/mol. The van der Waals surface area contributed by atoms with Crippen LogP contribution in [0.2, 0.25) is 0 Å². The zero-order valence-corrected chi connectivity index (χ0v) is 13.0. The molecule has 3 rings (SSSR count). The van der Waals surface area contributed by atoms with Gasteiger partial charge in [0, 0.05) is 30.9 Å². The lowest BCUT2D eigenvalue weighted by Crippen LogP contribution is -2.32. The SMILES string of the molecule is C=C1C(=O)O[C@H]2CC3=C[C@@H](C/C(C)=C/[C@@H](OC(C)=O)[C@H]12)OC3=O. The molecule has 1 fully saturated rings. The summed E-state index contributed by atoms with van der Waals surface area (Å²) >= 11 is 0. The van der Waals surface area contributed by atoms with Crippen LogP contribution in [0.3, 0.4) is 0 Å². The molecule has 1 aliphatic carbocycles. The van der Waals surface area contributed by atoms with Crippen LogP contribution in [0, 0.1) is 5.92 Å². The summed E-state index contributed by atoms with van der Waals surface area (Å²) in [6.45, 7) is 6.96. The number of carbonyl (C=O) groups is 3. The quantitative estimate of drug-likeness (QED) is 0.316. The van der Waals surface area contributed by atoms with E-state index in [2.05, 4.69) is 6.58 Å². The fraction of sp³-hybridized carbons (Fsp3) is 0.471. The van der Waals surface area contributed by atoms with Crippen LogP contribution in [-0.4, -0.2) is 36.2 Å². The predicted molar refractivity (Wildman–Crippen MR) is 79.0 cm³/mol. The third kappa shape index (κ3) is 2.93. The van der Waals surface area contributed by atoms with Gasteiger partial charge in [0.15, 0.2) is 0 Å². The van der Waals surface area contributed by atoms with E-state index in [1.54, 1.807) is 12.2 Å². The Morgan fingerprint density at radius 2 is 1.96 bits per heavy atom. The molecule has 0 amide bonds. The molecule has 0 unspecified atom stereocenters. The number of hydrogen-bond acceptors (Lipinski definition) is 6. The number of fused-ring (bicyclic) bond motifs is 2. The molecule has 2 heterocycles. The fourth-order valence-electron chi connectivity index (χ4n) is 3.30. The van der Waals surface area contributed by atoms with E-state index in [1.165, 1.54) is 6.92 Å². The van der Waals surface area contributed by atoms with Gasteiger partial charge in [-0.05, 0) is 19.1 Å². The monoisotopic (exact) mass is 318 g/mol. The molecule has 6 nitrogen and oxygen atoms in total. The lowest BCUT2D eigenvalue weighted by atomic mass is 9.85. The Bertz CT molecular complexity index is 656. The topological polar surface area (TPSA) is 78.9 Å². The fourth-order valence-corrected chi connectivity index (χ4v) is 3.30. The summed E-state index contributed by atoms with van der Waals surface area (Å²) in [7, 11) is 0. The summed E-state index contributed by atoms with van der Waals surface area (Å²) in [4.78, 5) is 35.3. The third-order valence-corrected chi connectivity index (χ3v) is 4.28. The highest BCUT2D eigenvalue weighted by Crippen LogP contribution is 2.38. The van der Waals surface area contributed by atoms with Crippen molar-refractivity contribution >= 4 is 17.9 Å². The van der Waals surface area contributed by atoms with Gasteiger partial charge in [0.25, 0.3) is 0 Å². The highest BCUT2D eigenvalue weighted by molar-refractivity contribution is 5.93. The molecule has 2 aliphatic heterocycles. The molecule has 0 aromatic rings. The maximum atomic E-state index is 11.9. The molecule has 2 bridgehead atoms. The highest BCUT2D eigenvalue weighted by Gasteiger charge is 2.46. The van der Waals surface area contributed by atoms with E-state index in [4.69, 9.17) is 14.2 Å². The average molecular weight is 318 g/mol. The average Bonchev–Trinajstić information content (AvgIpc) is 2.89. The van der Waals surface area contributed by atoms with E-state index >= 15 is 0 Å². The smallest absolute Gasteiger partial charge is 0.334 e. The van der Waals surface area contributed by atoms with Gasteiger partial charge in [0.2, 0.25) is 0 Å². The highest BCUT2D eigenvalue weighted by atomic mass is 16.6. The molecule has 0 saturated carbocycles. The molecule has 122 valence electrons. The van der Waals surface area contributed by atoms with E-state index in [0.29, 0.717) is 12.0 Å². The molecule has 0 radical (unpaired) electrons. The van der Waals surface area contributed by atoms with Crippen molar-refractivity contribution in [2.45, 2.75) is 45.0 Å². The van der Waals surface area contributed by atoms with Gasteiger partial charge in [-0.2, -0.15) is 0 Å². The summed E-state index contributed by atoms with van der Waals surface area (Å²) in [5.41, 5.74) is 1.65. The van der Waals surface area contributed by atoms with Gasteiger partial charge < -0.3 is 14.2 Å². The maximum Gasteiger partial charge on any atom is 0.334 e. The predicted octanol–water partition coefficient (Wildman–Crippen LogP) is 1.61. The zero-order valence-electron chi connectivity index (χ0n) is 13.0. The lowest BCUT2D eigenvalue weighted by molar-refractivity contribution is -0.147. The molecule has 0 spiro atoms. The van der Waals surface area contributed by atoms with Gasteiger partial charge in [-0.3, -0.25) is 4.79 Å². The standard InChI is InChI=1S/C17H18O6/c1-8-4-12-6-11(17(20)22-12)7-14-15(9(2)16(19)23-14)13(5-8)21-10(3)18/h5-6,12-15H,2,4,7H2,1,3H3/b8-5+/t12-,13-,14+,15+/m1/s1. The molecule has 0 aromatic heterocycles. The van der Waals surface area contributed by atoms with E-state index in [-0.39, 0.29) is 24.1 Å². The number of carbonyl (C=O) groups excluding carboxylic acids is 3. The molecular formula is C17H18O6. The Kier molecular flexibility index (Phi) is 3.83. The number of rotatable bonds is 1. The van der Waals surface area contributed by atoms with Crippen molar-refractivity contribution in [1.29, 1.82) is 0 Å². The number of hydrogen-bond donors (Lipinski definition) is 0. The normalized spacial score (nSPS) is 35.5. The number of esters is 3. The minimum absolute atomic E-state index is 0.232. The van der Waals surface area contributed by atoms with E-state index in [0.717, 1.165) is 5.57 Å². The van der Waals surface area contributed by atoms with Gasteiger partial charge in [-0.25, -0.2) is 9.59 Å². The Morgan fingerprint density at radius 1 is 1.22 bits per heavy atom. The van der Waals surface area contributed by atoms with Crippen LogP contribution in [0.5, 0.6) is 0 Å². The van der Waals surface area contributed by atoms with Crippen molar-refractivity contribution in [2.75, 3.05) is 0 Å². The minimum Gasteiger partial charge on any atom is -0.458 e. The molecule has 4 atom stereocenters. The largest absolute Gasteiger partial charge is 0.458 e. The molecule has 3 aliphatic rings. The molecule has 0 aromatic carbocycles. The zero-order chi connectivity index (χ0) is 16.7. The Labute approximate surface area is 133 Å². The van der Waals surface area contributed by atoms with Crippen molar-refractivity contribution in [3.63, 3.8) is 0 Å². The second kappa shape index (κ2) is 5.68. The molecule has 23 heavy (non-hydrogen) atoms. The van der Waals surface area contributed by atoms with E-state index < -0.39 is 30.1 Å². The van der Waals surface area contributed by atoms with Crippen LogP contribution in [0.15, 0.2) is 35.5 Å². The molecule has 1 saturated heterocycles. The minimum atomic E-state index is -0.648. The molecule has 6 heteroatoms. The molecule has 0 N–H and O–H groups in total. The van der Waals surface area contributed by atoms with Gasteiger partial charge in [-0.15, -0.1) is 0 Å².